The maximum atomic E-state index is 13.5. The standard InChI is InChI=1S/C17H18F2N2O3/c18-12-6-5-7-14(16(12)19)23-11-15-20-13(10-24-15)17(22)21-8-3-1-2-4-9-21/h5-7,10H,1-4,8-9,11H2. The largest absolute Gasteiger partial charge is 0.481 e. The Morgan fingerprint density at radius 3 is 2.71 bits per heavy atom. The molecule has 0 aliphatic carbocycles. The number of ether oxygens (including phenoxy) is 1. The highest BCUT2D eigenvalue weighted by Crippen LogP contribution is 2.20. The number of rotatable bonds is 4. The van der Waals surface area contributed by atoms with Crippen LogP contribution in [0.15, 0.2) is 28.9 Å². The summed E-state index contributed by atoms with van der Waals surface area (Å²) in [6.45, 7) is 1.24. The Hall–Kier alpha value is -2.44. The molecule has 0 N–H and O–H groups in total. The Balaban J connectivity index is 1.62. The minimum atomic E-state index is -1.06. The molecule has 0 spiro atoms. The first-order chi connectivity index (χ1) is 11.6. The van der Waals surface area contributed by atoms with Crippen molar-refractivity contribution in [1.29, 1.82) is 0 Å². The van der Waals surface area contributed by atoms with E-state index in [-0.39, 0.29) is 29.8 Å². The molecule has 0 saturated carbocycles. The minimum Gasteiger partial charge on any atom is -0.481 e. The van der Waals surface area contributed by atoms with Crippen LogP contribution in [0.1, 0.15) is 42.1 Å². The van der Waals surface area contributed by atoms with E-state index in [0.717, 1.165) is 31.7 Å². The maximum absolute atomic E-state index is 13.5. The lowest BCUT2D eigenvalue weighted by Crippen LogP contribution is -2.32. The van der Waals surface area contributed by atoms with Crippen LogP contribution in [0.2, 0.25) is 0 Å². The van der Waals surface area contributed by atoms with Crippen molar-refractivity contribution in [2.45, 2.75) is 32.3 Å². The molecule has 1 aliphatic rings. The highest BCUT2D eigenvalue weighted by atomic mass is 19.2. The van der Waals surface area contributed by atoms with E-state index in [1.54, 1.807) is 4.90 Å². The molecular formula is C17H18F2N2O3. The molecule has 24 heavy (non-hydrogen) atoms. The highest BCUT2D eigenvalue weighted by Gasteiger charge is 2.21. The van der Waals surface area contributed by atoms with Crippen LogP contribution in [-0.2, 0) is 6.61 Å². The summed E-state index contributed by atoms with van der Waals surface area (Å²) >= 11 is 0. The number of nitrogens with zero attached hydrogens (tertiary/aromatic N) is 2. The summed E-state index contributed by atoms with van der Waals surface area (Å²) in [6.07, 6.45) is 5.49. The Labute approximate surface area is 138 Å². The Bertz CT molecular complexity index is 710. The van der Waals surface area contributed by atoms with Crippen molar-refractivity contribution in [3.63, 3.8) is 0 Å². The van der Waals surface area contributed by atoms with E-state index in [1.165, 1.54) is 18.4 Å². The van der Waals surface area contributed by atoms with Gasteiger partial charge in [0.05, 0.1) is 0 Å². The third-order valence-electron chi connectivity index (χ3n) is 3.93. The summed E-state index contributed by atoms with van der Waals surface area (Å²) in [5, 5.41) is 0. The number of halogens is 2. The number of carbonyl (C=O) groups is 1. The molecule has 128 valence electrons. The van der Waals surface area contributed by atoms with Crippen LogP contribution in [0.5, 0.6) is 5.75 Å². The lowest BCUT2D eigenvalue weighted by atomic mass is 10.2. The number of hydrogen-bond donors (Lipinski definition) is 0. The van der Waals surface area contributed by atoms with Crippen LogP contribution in [-0.4, -0.2) is 28.9 Å². The summed E-state index contributed by atoms with van der Waals surface area (Å²) in [6, 6.07) is 3.66. The minimum absolute atomic E-state index is 0.136. The zero-order chi connectivity index (χ0) is 16.9. The summed E-state index contributed by atoms with van der Waals surface area (Å²) in [5.74, 6) is -2.32. The van der Waals surface area contributed by atoms with Crippen molar-refractivity contribution in [3.8, 4) is 5.75 Å². The molecule has 7 heteroatoms. The van der Waals surface area contributed by atoms with E-state index in [9.17, 15) is 13.6 Å². The van der Waals surface area contributed by atoms with Gasteiger partial charge in [-0.3, -0.25) is 4.79 Å². The van der Waals surface area contributed by atoms with Gasteiger partial charge in [-0.15, -0.1) is 0 Å². The monoisotopic (exact) mass is 336 g/mol. The lowest BCUT2D eigenvalue weighted by molar-refractivity contribution is 0.0755. The van der Waals surface area contributed by atoms with Gasteiger partial charge in [0, 0.05) is 13.1 Å². The predicted octanol–water partition coefficient (Wildman–Crippen LogP) is 3.55. The molecule has 5 nitrogen and oxygen atoms in total. The van der Waals surface area contributed by atoms with Crippen molar-refractivity contribution in [2.75, 3.05) is 13.1 Å². The van der Waals surface area contributed by atoms with E-state index in [2.05, 4.69) is 4.98 Å². The molecule has 1 aliphatic heterocycles. The zero-order valence-corrected chi connectivity index (χ0v) is 13.1. The molecular weight excluding hydrogens is 318 g/mol. The van der Waals surface area contributed by atoms with Gasteiger partial charge in [-0.2, -0.15) is 4.39 Å². The average Bonchev–Trinajstić information content (AvgIpc) is 2.89. The first-order valence-electron chi connectivity index (χ1n) is 7.95. The average molecular weight is 336 g/mol. The van der Waals surface area contributed by atoms with E-state index in [4.69, 9.17) is 9.15 Å². The molecule has 1 fully saturated rings. The molecule has 1 amide bonds. The van der Waals surface area contributed by atoms with E-state index < -0.39 is 11.6 Å². The Morgan fingerprint density at radius 1 is 1.21 bits per heavy atom. The number of amides is 1. The fourth-order valence-electron chi connectivity index (χ4n) is 2.65. The molecule has 1 aromatic heterocycles. The van der Waals surface area contributed by atoms with E-state index >= 15 is 0 Å². The third-order valence-corrected chi connectivity index (χ3v) is 3.93. The summed E-state index contributed by atoms with van der Waals surface area (Å²) < 4.78 is 37.0. The quantitative estimate of drug-likeness (QED) is 0.857. The van der Waals surface area contributed by atoms with E-state index in [0.29, 0.717) is 13.1 Å². The fourth-order valence-corrected chi connectivity index (χ4v) is 2.65. The second-order valence-corrected chi connectivity index (χ2v) is 5.67. The van der Waals surface area contributed by atoms with Crippen molar-refractivity contribution < 1.29 is 22.7 Å². The first-order valence-corrected chi connectivity index (χ1v) is 7.95. The van der Waals surface area contributed by atoms with Crippen molar-refractivity contribution in [1.82, 2.24) is 9.88 Å². The molecule has 0 radical (unpaired) electrons. The number of benzene rings is 1. The van der Waals surface area contributed by atoms with Gasteiger partial charge in [-0.05, 0) is 25.0 Å². The van der Waals surface area contributed by atoms with Crippen molar-refractivity contribution in [2.24, 2.45) is 0 Å². The molecule has 0 bridgehead atoms. The van der Waals surface area contributed by atoms with Gasteiger partial charge in [0.25, 0.3) is 5.91 Å². The molecule has 0 atom stereocenters. The number of hydrogen-bond acceptors (Lipinski definition) is 4. The molecule has 2 aromatic rings. The van der Waals surface area contributed by atoms with E-state index in [1.807, 2.05) is 0 Å². The maximum Gasteiger partial charge on any atom is 0.275 e. The lowest BCUT2D eigenvalue weighted by Gasteiger charge is -2.18. The van der Waals surface area contributed by atoms with Gasteiger partial charge in [0.15, 0.2) is 23.9 Å². The van der Waals surface area contributed by atoms with Gasteiger partial charge in [-0.25, -0.2) is 9.37 Å². The smallest absolute Gasteiger partial charge is 0.275 e. The second kappa shape index (κ2) is 7.42. The molecule has 1 saturated heterocycles. The number of likely N-dealkylation sites (tertiary alicyclic amines) is 1. The van der Waals surface area contributed by atoms with Crippen LogP contribution >= 0.6 is 0 Å². The highest BCUT2D eigenvalue weighted by molar-refractivity contribution is 5.92. The Morgan fingerprint density at radius 2 is 1.96 bits per heavy atom. The van der Waals surface area contributed by atoms with Crippen LogP contribution in [0.3, 0.4) is 0 Å². The third kappa shape index (κ3) is 3.72. The fraction of sp³-hybridized carbons (Fsp3) is 0.412. The second-order valence-electron chi connectivity index (χ2n) is 5.67. The Kier molecular flexibility index (Phi) is 5.08. The molecule has 1 aromatic carbocycles. The van der Waals surface area contributed by atoms with Crippen molar-refractivity contribution >= 4 is 5.91 Å². The van der Waals surface area contributed by atoms with Gasteiger partial charge < -0.3 is 14.1 Å². The van der Waals surface area contributed by atoms with Crippen LogP contribution in [0.4, 0.5) is 8.78 Å². The predicted molar refractivity (Wildman–Crippen MR) is 81.6 cm³/mol. The SMILES string of the molecule is O=C(c1coc(COc2cccc(F)c2F)n1)N1CCCCCC1. The van der Waals surface area contributed by atoms with Gasteiger partial charge in [0.1, 0.15) is 6.26 Å². The van der Waals surface area contributed by atoms with Crippen LogP contribution in [0, 0.1) is 11.6 Å². The first kappa shape index (κ1) is 16.4. The van der Waals surface area contributed by atoms with Crippen molar-refractivity contribution in [3.05, 3.63) is 47.7 Å². The number of aromatic nitrogens is 1. The van der Waals surface area contributed by atoms with Gasteiger partial charge in [0.2, 0.25) is 11.7 Å². The number of carbonyl (C=O) groups excluding carboxylic acids is 1. The van der Waals surface area contributed by atoms with Gasteiger partial charge >= 0.3 is 0 Å². The van der Waals surface area contributed by atoms with Crippen LogP contribution < -0.4 is 4.74 Å². The summed E-state index contributed by atoms with van der Waals surface area (Å²) in [7, 11) is 0. The molecule has 2 heterocycles. The van der Waals surface area contributed by atoms with Gasteiger partial charge in [-0.1, -0.05) is 18.9 Å². The van der Waals surface area contributed by atoms with Crippen LogP contribution in [0.25, 0.3) is 0 Å². The number of oxazole rings is 1. The summed E-state index contributed by atoms with van der Waals surface area (Å²) in [4.78, 5) is 18.2. The molecule has 3 rings (SSSR count). The summed E-state index contributed by atoms with van der Waals surface area (Å²) in [5.41, 5.74) is 0.204. The zero-order valence-electron chi connectivity index (χ0n) is 13.1. The molecule has 0 unspecified atom stereocenters. The topological polar surface area (TPSA) is 55.6 Å². The normalized spacial score (nSPS) is 15.2.